The number of hydrogen-bond donors (Lipinski definition) is 2. The van der Waals surface area contributed by atoms with Crippen LogP contribution in [0.4, 0.5) is 16.3 Å². The van der Waals surface area contributed by atoms with Crippen LogP contribution in [-0.4, -0.2) is 43.2 Å². The lowest BCUT2D eigenvalue weighted by atomic mass is 10.1. The first-order valence-corrected chi connectivity index (χ1v) is 10.9. The number of amides is 1. The molecule has 3 aromatic heterocycles. The van der Waals surface area contributed by atoms with Gasteiger partial charge in [-0.05, 0) is 44.5 Å². The number of rotatable bonds is 6. The second-order valence-electron chi connectivity index (χ2n) is 8.79. The lowest BCUT2D eigenvalue weighted by Gasteiger charge is -2.20. The van der Waals surface area contributed by atoms with E-state index in [-0.39, 0.29) is 0 Å². The largest absolute Gasteiger partial charge is 0.495 e. The molecule has 11 nitrogen and oxygen atoms in total. The summed E-state index contributed by atoms with van der Waals surface area (Å²) in [5.74, 6) is 0.766. The molecule has 0 saturated carbocycles. The van der Waals surface area contributed by atoms with Gasteiger partial charge in [0.2, 0.25) is 0 Å². The maximum atomic E-state index is 12.2. The molecule has 0 fully saturated rings. The number of nitrogens with zero attached hydrogens (tertiary/aromatic N) is 6. The van der Waals surface area contributed by atoms with Crippen molar-refractivity contribution in [2.24, 2.45) is 0 Å². The molecule has 0 bridgehead atoms. The molecule has 0 atom stereocenters. The highest BCUT2D eigenvalue weighted by molar-refractivity contribution is 5.94. The summed E-state index contributed by atoms with van der Waals surface area (Å²) in [6, 6.07) is 9.44. The van der Waals surface area contributed by atoms with E-state index in [1.807, 2.05) is 18.3 Å². The van der Waals surface area contributed by atoms with E-state index in [1.165, 1.54) is 13.4 Å². The van der Waals surface area contributed by atoms with Gasteiger partial charge < -0.3 is 15.2 Å². The van der Waals surface area contributed by atoms with Crippen LogP contribution in [0.1, 0.15) is 27.2 Å². The molecule has 3 N–H and O–H groups in total. The number of carbonyl (C=O) groups excluding carboxylic acids is 1. The summed E-state index contributed by atoms with van der Waals surface area (Å²) in [6.07, 6.45) is 4.75. The molecule has 180 valence electrons. The molecule has 1 amide bonds. The Hall–Kier alpha value is -4.59. The Morgan fingerprint density at radius 1 is 1.23 bits per heavy atom. The monoisotopic (exact) mass is 474 g/mol. The summed E-state index contributed by atoms with van der Waals surface area (Å²) in [7, 11) is 1.52. The predicted octanol–water partition coefficient (Wildman–Crippen LogP) is 4.11. The van der Waals surface area contributed by atoms with Crippen LogP contribution in [0.3, 0.4) is 0 Å². The van der Waals surface area contributed by atoms with E-state index in [4.69, 9.17) is 20.5 Å². The van der Waals surface area contributed by atoms with Gasteiger partial charge in [-0.15, -0.1) is 0 Å². The van der Waals surface area contributed by atoms with E-state index < -0.39 is 11.7 Å². The minimum Gasteiger partial charge on any atom is -0.495 e. The SMILES string of the molecule is COc1cc(-c2cc(-c3cnn(CCC#N)c3)n3ncnc(N)c23)ccc1NC(=O)OC(C)(C)C. The molecule has 0 aliphatic carbocycles. The first-order chi connectivity index (χ1) is 16.7. The molecule has 0 aliphatic heterocycles. The predicted molar refractivity (Wildman–Crippen MR) is 131 cm³/mol. The Morgan fingerprint density at radius 3 is 2.74 bits per heavy atom. The van der Waals surface area contributed by atoms with Gasteiger partial charge in [-0.1, -0.05) is 6.07 Å². The molecular formula is C24H26N8O3. The number of ether oxygens (including phenoxy) is 2. The quantitative estimate of drug-likeness (QED) is 0.424. The van der Waals surface area contributed by atoms with Crippen molar-refractivity contribution in [3.05, 3.63) is 43.0 Å². The zero-order valence-electron chi connectivity index (χ0n) is 19.9. The summed E-state index contributed by atoms with van der Waals surface area (Å²) in [4.78, 5) is 16.4. The van der Waals surface area contributed by atoms with Gasteiger partial charge in [0.25, 0.3) is 0 Å². The van der Waals surface area contributed by atoms with Crippen LogP contribution in [-0.2, 0) is 11.3 Å². The van der Waals surface area contributed by atoms with Crippen molar-refractivity contribution in [2.75, 3.05) is 18.2 Å². The van der Waals surface area contributed by atoms with Gasteiger partial charge in [-0.2, -0.15) is 15.5 Å². The molecule has 1 aromatic carbocycles. The third kappa shape index (κ3) is 5.01. The number of nitrogen functional groups attached to an aromatic ring is 1. The Bertz CT molecular complexity index is 1430. The number of hydrogen-bond acceptors (Lipinski definition) is 8. The minimum atomic E-state index is -0.626. The summed E-state index contributed by atoms with van der Waals surface area (Å²) in [6.45, 7) is 5.88. The molecule has 0 radical (unpaired) electrons. The first kappa shape index (κ1) is 23.6. The Morgan fingerprint density at radius 2 is 2.03 bits per heavy atom. The number of nitrogens with two attached hydrogens (primary N) is 1. The molecule has 0 unspecified atom stereocenters. The molecule has 0 spiro atoms. The van der Waals surface area contributed by atoms with E-state index in [2.05, 4.69) is 26.6 Å². The molecule has 4 aromatic rings. The number of aryl methyl sites for hydroxylation is 1. The highest BCUT2D eigenvalue weighted by Gasteiger charge is 2.20. The molecule has 0 aliphatic rings. The minimum absolute atomic E-state index is 0.313. The third-order valence-electron chi connectivity index (χ3n) is 5.11. The molecular weight excluding hydrogens is 448 g/mol. The highest BCUT2D eigenvalue weighted by atomic mass is 16.6. The zero-order chi connectivity index (χ0) is 25.2. The number of aromatic nitrogens is 5. The standard InChI is InChI=1S/C24H26N8O3/c1-24(2,3)35-23(33)30-18-7-6-15(10-20(18)34-4)17-11-19(32-21(17)22(26)27-14-29-32)16-12-28-31(13-16)9-5-8-25/h6-7,10-14H,5,9H2,1-4H3,(H,30,33)(H2,26,27,29). The van der Waals surface area contributed by atoms with Crippen molar-refractivity contribution in [1.29, 1.82) is 5.26 Å². The van der Waals surface area contributed by atoms with Crippen LogP contribution >= 0.6 is 0 Å². The van der Waals surface area contributed by atoms with Crippen molar-refractivity contribution in [3.8, 4) is 34.2 Å². The summed E-state index contributed by atoms with van der Waals surface area (Å²) < 4.78 is 14.3. The average Bonchev–Trinajstić information content (AvgIpc) is 3.42. The number of anilines is 2. The fourth-order valence-electron chi connectivity index (χ4n) is 3.65. The Balaban J connectivity index is 1.75. The van der Waals surface area contributed by atoms with Gasteiger partial charge >= 0.3 is 6.09 Å². The smallest absolute Gasteiger partial charge is 0.412 e. The van der Waals surface area contributed by atoms with Crippen LogP contribution in [0.5, 0.6) is 5.75 Å². The number of methoxy groups -OCH3 is 1. The first-order valence-electron chi connectivity index (χ1n) is 10.9. The van der Waals surface area contributed by atoms with Gasteiger partial charge in [-0.3, -0.25) is 10.00 Å². The van der Waals surface area contributed by atoms with Crippen molar-refractivity contribution in [3.63, 3.8) is 0 Å². The number of nitriles is 1. The summed E-state index contributed by atoms with van der Waals surface area (Å²) in [5, 5.41) is 20.3. The van der Waals surface area contributed by atoms with Gasteiger partial charge in [-0.25, -0.2) is 14.3 Å². The second kappa shape index (κ2) is 9.34. The van der Waals surface area contributed by atoms with Gasteiger partial charge in [0.15, 0.2) is 5.82 Å². The zero-order valence-corrected chi connectivity index (χ0v) is 19.9. The van der Waals surface area contributed by atoms with E-state index in [1.54, 1.807) is 48.3 Å². The highest BCUT2D eigenvalue weighted by Crippen LogP contribution is 2.38. The van der Waals surface area contributed by atoms with E-state index in [0.717, 1.165) is 22.4 Å². The normalized spacial score (nSPS) is 11.3. The van der Waals surface area contributed by atoms with Gasteiger partial charge in [0.1, 0.15) is 23.2 Å². The van der Waals surface area contributed by atoms with Crippen LogP contribution in [0, 0.1) is 11.3 Å². The van der Waals surface area contributed by atoms with Crippen molar-refractivity contribution in [2.45, 2.75) is 39.3 Å². The average molecular weight is 475 g/mol. The van der Waals surface area contributed by atoms with Gasteiger partial charge in [0.05, 0.1) is 43.7 Å². The maximum absolute atomic E-state index is 12.2. The number of nitrogens with one attached hydrogen (secondary N) is 1. The third-order valence-corrected chi connectivity index (χ3v) is 5.11. The van der Waals surface area contributed by atoms with Crippen LogP contribution in [0.15, 0.2) is 43.0 Å². The topological polar surface area (TPSA) is 145 Å². The van der Waals surface area contributed by atoms with Crippen LogP contribution in [0.25, 0.3) is 27.9 Å². The Labute approximate surface area is 202 Å². The molecule has 0 saturated heterocycles. The van der Waals surface area contributed by atoms with Crippen molar-refractivity contribution in [1.82, 2.24) is 24.4 Å². The van der Waals surface area contributed by atoms with Crippen molar-refractivity contribution < 1.29 is 14.3 Å². The lowest BCUT2D eigenvalue weighted by Crippen LogP contribution is -2.27. The number of fused-ring (bicyclic) bond motifs is 1. The summed E-state index contributed by atoms with van der Waals surface area (Å²) in [5.41, 5.74) is 9.87. The number of benzene rings is 1. The number of carbonyl (C=O) groups is 1. The van der Waals surface area contributed by atoms with E-state index in [9.17, 15) is 4.79 Å². The van der Waals surface area contributed by atoms with E-state index >= 15 is 0 Å². The Kier molecular flexibility index (Phi) is 6.29. The van der Waals surface area contributed by atoms with Gasteiger partial charge in [0, 0.05) is 17.3 Å². The second-order valence-corrected chi connectivity index (χ2v) is 8.79. The molecule has 4 rings (SSSR count). The molecule has 35 heavy (non-hydrogen) atoms. The summed E-state index contributed by atoms with van der Waals surface area (Å²) >= 11 is 0. The maximum Gasteiger partial charge on any atom is 0.412 e. The molecule has 3 heterocycles. The fraction of sp³-hybridized carbons (Fsp3) is 0.292. The van der Waals surface area contributed by atoms with E-state index in [0.29, 0.717) is 35.7 Å². The van der Waals surface area contributed by atoms with Crippen LogP contribution < -0.4 is 15.8 Å². The fourth-order valence-corrected chi connectivity index (χ4v) is 3.65. The van der Waals surface area contributed by atoms with Crippen LogP contribution in [0.2, 0.25) is 0 Å². The van der Waals surface area contributed by atoms with Crippen molar-refractivity contribution >= 4 is 23.1 Å². The lowest BCUT2D eigenvalue weighted by molar-refractivity contribution is 0.0635. The molecule has 11 heteroatoms.